The second kappa shape index (κ2) is 5.24. The molecule has 0 fully saturated rings. The van der Waals surface area contributed by atoms with Gasteiger partial charge in [0.05, 0.1) is 13.3 Å². The number of aromatic nitrogens is 2. The van der Waals surface area contributed by atoms with Gasteiger partial charge >= 0.3 is 0 Å². The first-order valence-corrected chi connectivity index (χ1v) is 7.12. The van der Waals surface area contributed by atoms with E-state index in [1.54, 1.807) is 7.11 Å². The minimum absolute atomic E-state index is 0.0146. The topological polar surface area (TPSA) is 56.1 Å². The number of carbonyl (C=O) groups is 1. The second-order valence-electron chi connectivity index (χ2n) is 5.53. The number of nitrogens with one attached hydrogen (secondary N) is 1. The Kier molecular flexibility index (Phi) is 3.41. The summed E-state index contributed by atoms with van der Waals surface area (Å²) < 4.78 is 7.30. The van der Waals surface area contributed by atoms with E-state index in [0.29, 0.717) is 6.42 Å². The Morgan fingerprint density at radius 3 is 2.81 bits per heavy atom. The van der Waals surface area contributed by atoms with Crippen molar-refractivity contribution in [3.63, 3.8) is 0 Å². The van der Waals surface area contributed by atoms with Crippen LogP contribution in [0.3, 0.4) is 0 Å². The molecule has 1 unspecified atom stereocenters. The third-order valence-corrected chi connectivity index (χ3v) is 3.85. The van der Waals surface area contributed by atoms with Gasteiger partial charge in [-0.1, -0.05) is 18.2 Å². The zero-order valence-electron chi connectivity index (χ0n) is 12.5. The number of benzene rings is 1. The fraction of sp³-hybridized carbons (Fsp3) is 0.375. The van der Waals surface area contributed by atoms with Crippen molar-refractivity contribution in [2.24, 2.45) is 0 Å². The number of nitrogens with zero attached hydrogens (tertiary/aromatic N) is 2. The number of methoxy groups -OCH3 is 1. The van der Waals surface area contributed by atoms with Gasteiger partial charge in [0.2, 0.25) is 5.91 Å². The molecular weight excluding hydrogens is 266 g/mol. The molecule has 1 atom stereocenters. The van der Waals surface area contributed by atoms with Crippen LogP contribution in [0.15, 0.2) is 30.5 Å². The van der Waals surface area contributed by atoms with Gasteiger partial charge in [0, 0.05) is 29.5 Å². The van der Waals surface area contributed by atoms with Gasteiger partial charge in [-0.3, -0.25) is 4.79 Å². The van der Waals surface area contributed by atoms with Crippen LogP contribution in [0.5, 0.6) is 5.75 Å². The number of carbonyl (C=O) groups excluding carboxylic acids is 1. The highest BCUT2D eigenvalue weighted by Gasteiger charge is 2.31. The lowest BCUT2D eigenvalue weighted by atomic mass is 9.87. The standard InChI is InChI=1S/C16H19N3O2/c1-10(2)19-16-13(9-17-19)12(8-15(20)18-16)11-6-4-5-7-14(11)21-3/h4-7,9-10,12H,8H2,1-3H3,(H,18,20). The molecule has 0 bridgehead atoms. The van der Waals surface area contributed by atoms with Gasteiger partial charge in [-0.2, -0.15) is 5.10 Å². The van der Waals surface area contributed by atoms with Gasteiger partial charge in [0.25, 0.3) is 0 Å². The number of anilines is 1. The number of ether oxygens (including phenoxy) is 1. The van der Waals surface area contributed by atoms with Crippen LogP contribution in [-0.2, 0) is 4.79 Å². The van der Waals surface area contributed by atoms with Crippen LogP contribution in [0.4, 0.5) is 5.82 Å². The minimum atomic E-state index is -0.0163. The Balaban J connectivity index is 2.12. The highest BCUT2D eigenvalue weighted by molar-refractivity contribution is 5.94. The highest BCUT2D eigenvalue weighted by Crippen LogP contribution is 2.41. The average Bonchev–Trinajstić information content (AvgIpc) is 2.90. The predicted molar refractivity (Wildman–Crippen MR) is 80.7 cm³/mol. The summed E-state index contributed by atoms with van der Waals surface area (Å²) in [7, 11) is 1.65. The highest BCUT2D eigenvalue weighted by atomic mass is 16.5. The molecule has 1 aliphatic rings. The number of para-hydroxylation sites is 1. The van der Waals surface area contributed by atoms with E-state index in [9.17, 15) is 4.79 Å². The second-order valence-corrected chi connectivity index (χ2v) is 5.53. The van der Waals surface area contributed by atoms with Crippen LogP contribution in [0.1, 0.15) is 43.4 Å². The molecule has 0 spiro atoms. The lowest BCUT2D eigenvalue weighted by molar-refractivity contribution is -0.116. The first-order valence-electron chi connectivity index (χ1n) is 7.12. The largest absolute Gasteiger partial charge is 0.496 e. The zero-order chi connectivity index (χ0) is 15.0. The molecule has 5 nitrogen and oxygen atoms in total. The molecule has 0 saturated carbocycles. The summed E-state index contributed by atoms with van der Waals surface area (Å²) >= 11 is 0. The van der Waals surface area contributed by atoms with Gasteiger partial charge in [0.1, 0.15) is 11.6 Å². The molecule has 1 aromatic heterocycles. The summed E-state index contributed by atoms with van der Waals surface area (Å²) in [5, 5.41) is 7.37. The van der Waals surface area contributed by atoms with Crippen LogP contribution in [0.25, 0.3) is 0 Å². The number of amides is 1. The Morgan fingerprint density at radius 2 is 2.10 bits per heavy atom. The van der Waals surface area contributed by atoms with Gasteiger partial charge in [-0.05, 0) is 19.9 Å². The molecule has 1 aliphatic heterocycles. The van der Waals surface area contributed by atoms with E-state index >= 15 is 0 Å². The predicted octanol–water partition coefficient (Wildman–Crippen LogP) is 2.95. The molecule has 0 saturated heterocycles. The van der Waals surface area contributed by atoms with E-state index in [4.69, 9.17) is 4.74 Å². The molecule has 0 aliphatic carbocycles. The van der Waals surface area contributed by atoms with E-state index < -0.39 is 0 Å². The molecule has 5 heteroatoms. The third kappa shape index (κ3) is 2.28. The van der Waals surface area contributed by atoms with Crippen LogP contribution >= 0.6 is 0 Å². The monoisotopic (exact) mass is 285 g/mol. The fourth-order valence-electron chi connectivity index (χ4n) is 2.86. The SMILES string of the molecule is COc1ccccc1C1CC(=O)Nc2c1cnn2C(C)C. The molecule has 3 rings (SSSR count). The Labute approximate surface area is 123 Å². The van der Waals surface area contributed by atoms with Crippen molar-refractivity contribution in [1.29, 1.82) is 0 Å². The van der Waals surface area contributed by atoms with Crippen molar-refractivity contribution in [2.75, 3.05) is 12.4 Å². The van der Waals surface area contributed by atoms with E-state index in [1.165, 1.54) is 0 Å². The van der Waals surface area contributed by atoms with E-state index in [2.05, 4.69) is 10.4 Å². The summed E-state index contributed by atoms with van der Waals surface area (Å²) in [5.41, 5.74) is 2.08. The quantitative estimate of drug-likeness (QED) is 0.943. The summed E-state index contributed by atoms with van der Waals surface area (Å²) in [6.07, 6.45) is 2.27. The lowest BCUT2D eigenvalue weighted by Crippen LogP contribution is -2.25. The molecule has 21 heavy (non-hydrogen) atoms. The maximum absolute atomic E-state index is 12.1. The van der Waals surface area contributed by atoms with E-state index in [1.807, 2.05) is 49.0 Å². The van der Waals surface area contributed by atoms with E-state index in [0.717, 1.165) is 22.7 Å². The lowest BCUT2D eigenvalue weighted by Gasteiger charge is -2.25. The van der Waals surface area contributed by atoms with Crippen molar-refractivity contribution in [1.82, 2.24) is 9.78 Å². The maximum Gasteiger partial charge on any atom is 0.226 e. The molecule has 2 aromatic rings. The van der Waals surface area contributed by atoms with Crippen molar-refractivity contribution in [2.45, 2.75) is 32.2 Å². The van der Waals surface area contributed by atoms with Gasteiger partial charge in [-0.25, -0.2) is 4.68 Å². The molecular formula is C16H19N3O2. The molecule has 1 N–H and O–H groups in total. The van der Waals surface area contributed by atoms with Crippen LogP contribution in [0, 0.1) is 0 Å². The Hall–Kier alpha value is -2.30. The first kappa shape index (κ1) is 13.7. The molecule has 2 heterocycles. The molecule has 1 aromatic carbocycles. The Morgan fingerprint density at radius 1 is 1.33 bits per heavy atom. The Bertz CT molecular complexity index is 676. The van der Waals surface area contributed by atoms with Crippen molar-refractivity contribution in [3.8, 4) is 5.75 Å². The summed E-state index contributed by atoms with van der Waals surface area (Å²) in [6, 6.07) is 8.04. The number of hydrogen-bond donors (Lipinski definition) is 1. The van der Waals surface area contributed by atoms with Crippen molar-refractivity contribution < 1.29 is 9.53 Å². The molecule has 110 valence electrons. The number of fused-ring (bicyclic) bond motifs is 1. The minimum Gasteiger partial charge on any atom is -0.496 e. The summed E-state index contributed by atoms with van der Waals surface area (Å²) in [6.45, 7) is 4.10. The number of rotatable bonds is 3. The summed E-state index contributed by atoms with van der Waals surface area (Å²) in [4.78, 5) is 12.1. The fourth-order valence-corrected chi connectivity index (χ4v) is 2.86. The normalized spacial score (nSPS) is 17.5. The van der Waals surface area contributed by atoms with Crippen LogP contribution in [0.2, 0.25) is 0 Å². The zero-order valence-corrected chi connectivity index (χ0v) is 12.5. The van der Waals surface area contributed by atoms with Crippen molar-refractivity contribution >= 4 is 11.7 Å². The smallest absolute Gasteiger partial charge is 0.226 e. The summed E-state index contributed by atoms with van der Waals surface area (Å²) in [5.74, 6) is 1.61. The molecule has 0 radical (unpaired) electrons. The average molecular weight is 285 g/mol. The molecule has 1 amide bonds. The third-order valence-electron chi connectivity index (χ3n) is 3.85. The van der Waals surface area contributed by atoms with Gasteiger partial charge in [0.15, 0.2) is 0 Å². The van der Waals surface area contributed by atoms with E-state index in [-0.39, 0.29) is 17.9 Å². The number of hydrogen-bond acceptors (Lipinski definition) is 3. The first-order chi connectivity index (χ1) is 10.1. The van der Waals surface area contributed by atoms with Crippen LogP contribution in [-0.4, -0.2) is 22.8 Å². The van der Waals surface area contributed by atoms with Gasteiger partial charge < -0.3 is 10.1 Å². The van der Waals surface area contributed by atoms with Crippen LogP contribution < -0.4 is 10.1 Å². The van der Waals surface area contributed by atoms with Crippen molar-refractivity contribution in [3.05, 3.63) is 41.6 Å². The maximum atomic E-state index is 12.1. The van der Waals surface area contributed by atoms with Gasteiger partial charge in [-0.15, -0.1) is 0 Å².